The zero-order chi connectivity index (χ0) is 23.3. The van der Waals surface area contributed by atoms with Crippen LogP contribution >= 0.6 is 11.6 Å². The molecule has 1 N–H and O–H groups in total. The Morgan fingerprint density at radius 3 is 1.97 bits per heavy atom. The van der Waals surface area contributed by atoms with Crippen LogP contribution in [0.5, 0.6) is 0 Å². The maximum atomic E-state index is 6.12. The van der Waals surface area contributed by atoms with Crippen molar-refractivity contribution in [1.29, 1.82) is 0 Å². The number of rotatable bonds is 6. The highest BCUT2D eigenvalue weighted by molar-refractivity contribution is 6.30. The third-order valence-corrected chi connectivity index (χ3v) is 6.24. The van der Waals surface area contributed by atoms with Gasteiger partial charge in [0, 0.05) is 28.6 Å². The van der Waals surface area contributed by atoms with E-state index in [0.29, 0.717) is 11.6 Å². The Hall–Kier alpha value is -3.76. The molecule has 1 aliphatic rings. The summed E-state index contributed by atoms with van der Waals surface area (Å²) in [4.78, 5) is 8.30. The van der Waals surface area contributed by atoms with Crippen LogP contribution in [0.2, 0.25) is 5.02 Å². The van der Waals surface area contributed by atoms with Gasteiger partial charge in [0.15, 0.2) is 11.9 Å². The van der Waals surface area contributed by atoms with Gasteiger partial charge in [-0.05, 0) is 61.0 Å². The van der Waals surface area contributed by atoms with Crippen molar-refractivity contribution in [2.45, 2.75) is 13.0 Å². The van der Waals surface area contributed by atoms with E-state index in [0.717, 1.165) is 28.5 Å². The molecule has 5 rings (SSSR count). The van der Waals surface area contributed by atoms with Gasteiger partial charge in [0.2, 0.25) is 0 Å². The van der Waals surface area contributed by atoms with Crippen LogP contribution in [0.1, 0.15) is 17.2 Å². The molecule has 34 heavy (non-hydrogen) atoms. The molecule has 0 saturated carbocycles. The van der Waals surface area contributed by atoms with Crippen molar-refractivity contribution in [1.82, 2.24) is 0 Å². The van der Waals surface area contributed by atoms with E-state index < -0.39 is 0 Å². The predicted molar refractivity (Wildman–Crippen MR) is 141 cm³/mol. The van der Waals surface area contributed by atoms with E-state index >= 15 is 0 Å². The average Bonchev–Trinajstić information content (AvgIpc) is 3.29. The minimum atomic E-state index is -0.203. The van der Waals surface area contributed by atoms with Crippen molar-refractivity contribution in [2.75, 3.05) is 16.8 Å². The van der Waals surface area contributed by atoms with Gasteiger partial charge in [-0.1, -0.05) is 83.0 Å². The van der Waals surface area contributed by atoms with Gasteiger partial charge in [0.05, 0.1) is 5.92 Å². The van der Waals surface area contributed by atoms with E-state index in [2.05, 4.69) is 70.8 Å². The van der Waals surface area contributed by atoms with Crippen LogP contribution in [0, 0.1) is 12.8 Å². The first kappa shape index (κ1) is 22.1. The lowest BCUT2D eigenvalue weighted by molar-refractivity contribution is 0.0640. The van der Waals surface area contributed by atoms with Crippen LogP contribution in [-0.2, 0) is 4.84 Å². The number of para-hydroxylation sites is 2. The van der Waals surface area contributed by atoms with E-state index in [4.69, 9.17) is 16.4 Å². The summed E-state index contributed by atoms with van der Waals surface area (Å²) in [5, 5.41) is 8.94. The molecule has 2 unspecified atom stereocenters. The highest BCUT2D eigenvalue weighted by Gasteiger charge is 2.39. The topological polar surface area (TPSA) is 36.9 Å². The van der Waals surface area contributed by atoms with Crippen molar-refractivity contribution in [3.05, 3.63) is 125 Å². The molecule has 0 aliphatic carbocycles. The number of halogens is 1. The van der Waals surface area contributed by atoms with Gasteiger partial charge >= 0.3 is 0 Å². The van der Waals surface area contributed by atoms with Crippen molar-refractivity contribution in [3.8, 4) is 0 Å². The molecule has 0 bridgehead atoms. The third kappa shape index (κ3) is 4.78. The number of nitrogens with zero attached hydrogens (tertiary/aromatic N) is 2. The van der Waals surface area contributed by atoms with Crippen LogP contribution in [0.4, 0.5) is 17.1 Å². The molecule has 5 heteroatoms. The predicted octanol–water partition coefficient (Wildman–Crippen LogP) is 7.60. The van der Waals surface area contributed by atoms with Crippen LogP contribution in [0.25, 0.3) is 0 Å². The Morgan fingerprint density at radius 2 is 1.38 bits per heavy atom. The fourth-order valence-electron chi connectivity index (χ4n) is 4.20. The smallest absolute Gasteiger partial charge is 0.164 e. The normalized spacial score (nSPS) is 17.1. The number of amidine groups is 1. The van der Waals surface area contributed by atoms with E-state index in [1.165, 1.54) is 5.56 Å². The fourth-order valence-corrected chi connectivity index (χ4v) is 4.33. The summed E-state index contributed by atoms with van der Waals surface area (Å²) in [6.07, 6.45) is -0.203. The third-order valence-electron chi connectivity index (χ3n) is 5.99. The number of benzene rings is 4. The lowest BCUT2D eigenvalue weighted by Crippen LogP contribution is -2.36. The van der Waals surface area contributed by atoms with Crippen LogP contribution in [-0.4, -0.2) is 12.4 Å². The van der Waals surface area contributed by atoms with E-state index in [1.807, 2.05) is 60.7 Å². The van der Waals surface area contributed by atoms with Crippen molar-refractivity contribution in [2.24, 2.45) is 11.1 Å². The molecule has 2 atom stereocenters. The van der Waals surface area contributed by atoms with Gasteiger partial charge < -0.3 is 10.2 Å². The summed E-state index contributed by atoms with van der Waals surface area (Å²) in [6, 6.07) is 36.8. The number of anilines is 3. The Labute approximate surface area is 205 Å². The first-order chi connectivity index (χ1) is 16.7. The summed E-state index contributed by atoms with van der Waals surface area (Å²) in [7, 11) is 0. The van der Waals surface area contributed by atoms with Crippen molar-refractivity contribution in [3.63, 3.8) is 0 Å². The van der Waals surface area contributed by atoms with E-state index in [-0.39, 0.29) is 12.0 Å². The molecule has 0 fully saturated rings. The molecule has 0 aromatic heterocycles. The van der Waals surface area contributed by atoms with E-state index in [9.17, 15) is 0 Å². The molecule has 1 aliphatic heterocycles. The molecule has 4 aromatic carbocycles. The van der Waals surface area contributed by atoms with Crippen molar-refractivity contribution >= 4 is 34.5 Å². The summed E-state index contributed by atoms with van der Waals surface area (Å²) in [5.74, 6) is 0.836. The SMILES string of the molecule is Cc1ccc(C2ON=C(N(c3ccccc3)c3ccccc3)C2CNc2ccc(Cl)cc2)cc1. The van der Waals surface area contributed by atoms with Crippen LogP contribution in [0.3, 0.4) is 0 Å². The number of hydrogen-bond acceptors (Lipinski definition) is 4. The molecular weight excluding hydrogens is 442 g/mol. The molecule has 1 heterocycles. The van der Waals surface area contributed by atoms with Gasteiger partial charge in [0.1, 0.15) is 0 Å². The first-order valence-corrected chi connectivity index (χ1v) is 11.8. The maximum Gasteiger partial charge on any atom is 0.164 e. The largest absolute Gasteiger partial charge is 0.385 e. The van der Waals surface area contributed by atoms with Gasteiger partial charge in [-0.3, -0.25) is 4.90 Å². The van der Waals surface area contributed by atoms with Gasteiger partial charge in [-0.15, -0.1) is 0 Å². The molecule has 0 radical (unpaired) electrons. The van der Waals surface area contributed by atoms with Gasteiger partial charge in [-0.2, -0.15) is 0 Å². The zero-order valence-corrected chi connectivity index (χ0v) is 19.7. The minimum Gasteiger partial charge on any atom is -0.385 e. The highest BCUT2D eigenvalue weighted by Crippen LogP contribution is 2.38. The Morgan fingerprint density at radius 1 is 0.794 bits per heavy atom. The number of nitrogens with one attached hydrogen (secondary N) is 1. The molecule has 0 amide bonds. The van der Waals surface area contributed by atoms with Gasteiger partial charge in [-0.25, -0.2) is 0 Å². The molecule has 0 spiro atoms. The Kier molecular flexibility index (Phi) is 6.50. The molecule has 170 valence electrons. The molecule has 4 nitrogen and oxygen atoms in total. The Bertz CT molecular complexity index is 1200. The molecular formula is C29H26ClN3O. The van der Waals surface area contributed by atoms with Crippen LogP contribution < -0.4 is 10.2 Å². The zero-order valence-electron chi connectivity index (χ0n) is 18.9. The second kappa shape index (κ2) is 10.0. The number of oxime groups is 1. The summed E-state index contributed by atoms with van der Waals surface area (Å²) in [6.45, 7) is 2.74. The number of aryl methyl sites for hydroxylation is 1. The summed E-state index contributed by atoms with van der Waals surface area (Å²) < 4.78 is 0. The maximum absolute atomic E-state index is 6.12. The molecule has 4 aromatic rings. The second-order valence-corrected chi connectivity index (χ2v) is 8.82. The monoisotopic (exact) mass is 467 g/mol. The lowest BCUT2D eigenvalue weighted by Gasteiger charge is -2.29. The minimum absolute atomic E-state index is 0.0289. The Balaban J connectivity index is 1.52. The van der Waals surface area contributed by atoms with Gasteiger partial charge in [0.25, 0.3) is 0 Å². The second-order valence-electron chi connectivity index (χ2n) is 8.39. The fraction of sp³-hybridized carbons (Fsp3) is 0.138. The molecule has 0 saturated heterocycles. The summed E-state index contributed by atoms with van der Waals surface area (Å²) in [5.41, 5.74) is 5.40. The lowest BCUT2D eigenvalue weighted by atomic mass is 9.93. The number of hydrogen-bond donors (Lipinski definition) is 1. The standard InChI is InChI=1S/C29H26ClN3O/c1-21-12-14-22(15-13-21)28-27(20-31-24-18-16-23(30)17-19-24)29(32-34-28)33(25-8-4-2-5-9-25)26-10-6-3-7-11-26/h2-19,27-28,31H,20H2,1H3. The first-order valence-electron chi connectivity index (χ1n) is 11.4. The quantitative estimate of drug-likeness (QED) is 0.317. The van der Waals surface area contributed by atoms with Crippen molar-refractivity contribution < 1.29 is 4.84 Å². The summed E-state index contributed by atoms with van der Waals surface area (Å²) >= 11 is 6.08. The van der Waals surface area contributed by atoms with Crippen LogP contribution in [0.15, 0.2) is 114 Å². The van der Waals surface area contributed by atoms with E-state index in [1.54, 1.807) is 0 Å². The highest BCUT2D eigenvalue weighted by atomic mass is 35.5. The average molecular weight is 468 g/mol.